The Kier molecular flexibility index (Phi) is 9.63. The van der Waals surface area contributed by atoms with Gasteiger partial charge in [0.25, 0.3) is 0 Å². The molecular weight excluding hydrogens is 314 g/mol. The van der Waals surface area contributed by atoms with Crippen molar-refractivity contribution >= 4 is 5.96 Å². The van der Waals surface area contributed by atoms with Crippen LogP contribution in [0.1, 0.15) is 65.7 Å². The first kappa shape index (κ1) is 20.5. The van der Waals surface area contributed by atoms with Gasteiger partial charge in [0.15, 0.2) is 5.96 Å². The highest BCUT2D eigenvalue weighted by Gasteiger charge is 2.23. The van der Waals surface area contributed by atoms with Gasteiger partial charge < -0.3 is 20.1 Å². The zero-order valence-corrected chi connectivity index (χ0v) is 16.6. The van der Waals surface area contributed by atoms with Crippen LogP contribution >= 0.6 is 0 Å². The second-order valence-corrected chi connectivity index (χ2v) is 7.80. The lowest BCUT2D eigenvalue weighted by molar-refractivity contribution is -0.0318. The number of rotatable bonds is 8. The van der Waals surface area contributed by atoms with Gasteiger partial charge in [0.05, 0.1) is 6.10 Å². The SMILES string of the molecule is CCNC(=NCCCOC1CCOCC1)NC1CCC(C(C)C)CC1. The smallest absolute Gasteiger partial charge is 0.191 e. The zero-order chi connectivity index (χ0) is 17.9. The highest BCUT2D eigenvalue weighted by molar-refractivity contribution is 5.80. The molecule has 1 saturated heterocycles. The van der Waals surface area contributed by atoms with Crippen molar-refractivity contribution in [3.63, 3.8) is 0 Å². The van der Waals surface area contributed by atoms with Gasteiger partial charge in [-0.1, -0.05) is 13.8 Å². The van der Waals surface area contributed by atoms with Crippen molar-refractivity contribution < 1.29 is 9.47 Å². The van der Waals surface area contributed by atoms with Crippen molar-refractivity contribution in [3.05, 3.63) is 0 Å². The van der Waals surface area contributed by atoms with E-state index in [9.17, 15) is 0 Å². The third-order valence-electron chi connectivity index (χ3n) is 5.49. The van der Waals surface area contributed by atoms with Crippen molar-refractivity contribution in [2.75, 3.05) is 32.9 Å². The summed E-state index contributed by atoms with van der Waals surface area (Å²) in [4.78, 5) is 4.73. The fraction of sp³-hybridized carbons (Fsp3) is 0.950. The second-order valence-electron chi connectivity index (χ2n) is 7.80. The highest BCUT2D eigenvalue weighted by atomic mass is 16.5. The van der Waals surface area contributed by atoms with Gasteiger partial charge in [0.1, 0.15) is 0 Å². The van der Waals surface area contributed by atoms with Gasteiger partial charge in [-0.3, -0.25) is 4.99 Å². The molecule has 0 aromatic carbocycles. The van der Waals surface area contributed by atoms with E-state index in [0.717, 1.165) is 70.0 Å². The molecule has 1 heterocycles. The van der Waals surface area contributed by atoms with E-state index in [2.05, 4.69) is 31.4 Å². The topological polar surface area (TPSA) is 54.9 Å². The van der Waals surface area contributed by atoms with Crippen molar-refractivity contribution in [2.45, 2.75) is 77.9 Å². The standard InChI is InChI=1S/C20H39N3O2/c1-4-21-20(23-18-8-6-17(7-9-18)16(2)3)22-12-5-13-25-19-10-14-24-15-11-19/h16-19H,4-15H2,1-3H3,(H2,21,22,23). The van der Waals surface area contributed by atoms with E-state index in [1.807, 2.05) is 0 Å². The van der Waals surface area contributed by atoms with Gasteiger partial charge in [-0.05, 0) is 63.7 Å². The Morgan fingerprint density at radius 1 is 1.12 bits per heavy atom. The van der Waals surface area contributed by atoms with E-state index >= 15 is 0 Å². The normalized spacial score (nSPS) is 26.0. The van der Waals surface area contributed by atoms with Crippen molar-refractivity contribution in [2.24, 2.45) is 16.8 Å². The summed E-state index contributed by atoms with van der Waals surface area (Å²) in [7, 11) is 0. The minimum atomic E-state index is 0.389. The average molecular weight is 354 g/mol. The van der Waals surface area contributed by atoms with Crippen LogP contribution in [0.25, 0.3) is 0 Å². The van der Waals surface area contributed by atoms with Crippen molar-refractivity contribution in [3.8, 4) is 0 Å². The lowest BCUT2D eigenvalue weighted by atomic mass is 9.80. The minimum Gasteiger partial charge on any atom is -0.381 e. The second kappa shape index (κ2) is 11.7. The molecule has 2 aliphatic rings. The summed E-state index contributed by atoms with van der Waals surface area (Å²) in [6.07, 6.45) is 8.65. The van der Waals surface area contributed by atoms with E-state index in [4.69, 9.17) is 14.5 Å². The largest absolute Gasteiger partial charge is 0.381 e. The molecule has 1 aliphatic heterocycles. The van der Waals surface area contributed by atoms with Crippen LogP contribution in [0.4, 0.5) is 0 Å². The number of hydrogen-bond acceptors (Lipinski definition) is 3. The van der Waals surface area contributed by atoms with Crippen LogP contribution in [0.15, 0.2) is 4.99 Å². The summed E-state index contributed by atoms with van der Waals surface area (Å²) >= 11 is 0. The molecule has 2 N–H and O–H groups in total. The molecule has 0 atom stereocenters. The average Bonchev–Trinajstić information content (AvgIpc) is 2.63. The van der Waals surface area contributed by atoms with Crippen molar-refractivity contribution in [1.82, 2.24) is 10.6 Å². The molecule has 2 fully saturated rings. The van der Waals surface area contributed by atoms with E-state index < -0.39 is 0 Å². The number of hydrogen-bond donors (Lipinski definition) is 2. The molecular formula is C20H39N3O2. The van der Waals surface area contributed by atoms with Crippen LogP contribution in [0.3, 0.4) is 0 Å². The lowest BCUT2D eigenvalue weighted by Gasteiger charge is -2.32. The molecule has 0 aromatic heterocycles. The number of ether oxygens (including phenoxy) is 2. The monoisotopic (exact) mass is 353 g/mol. The number of nitrogens with one attached hydrogen (secondary N) is 2. The molecule has 0 radical (unpaired) electrons. The maximum absolute atomic E-state index is 5.92. The molecule has 5 heteroatoms. The van der Waals surface area contributed by atoms with Crippen LogP contribution in [-0.4, -0.2) is 51.0 Å². The molecule has 146 valence electrons. The maximum Gasteiger partial charge on any atom is 0.191 e. The van der Waals surface area contributed by atoms with Gasteiger partial charge in [0, 0.05) is 39.0 Å². The molecule has 25 heavy (non-hydrogen) atoms. The molecule has 0 unspecified atom stereocenters. The Labute approximate surface area is 154 Å². The summed E-state index contributed by atoms with van der Waals surface area (Å²) in [5.74, 6) is 2.69. The summed E-state index contributed by atoms with van der Waals surface area (Å²) in [5.41, 5.74) is 0. The van der Waals surface area contributed by atoms with Crippen LogP contribution in [-0.2, 0) is 9.47 Å². The fourth-order valence-electron chi connectivity index (χ4n) is 3.79. The van der Waals surface area contributed by atoms with Gasteiger partial charge >= 0.3 is 0 Å². The Morgan fingerprint density at radius 3 is 2.48 bits per heavy atom. The summed E-state index contributed by atoms with van der Waals surface area (Å²) < 4.78 is 11.3. The molecule has 5 nitrogen and oxygen atoms in total. The van der Waals surface area contributed by atoms with E-state index in [-0.39, 0.29) is 0 Å². The number of guanidine groups is 1. The van der Waals surface area contributed by atoms with E-state index in [1.165, 1.54) is 25.7 Å². The molecule has 0 amide bonds. The van der Waals surface area contributed by atoms with Gasteiger partial charge in [-0.25, -0.2) is 0 Å². The van der Waals surface area contributed by atoms with Crippen LogP contribution in [0.5, 0.6) is 0 Å². The first-order valence-corrected chi connectivity index (χ1v) is 10.4. The molecule has 1 saturated carbocycles. The third kappa shape index (κ3) is 7.95. The summed E-state index contributed by atoms with van der Waals surface area (Å²) in [5, 5.41) is 7.02. The Balaban J connectivity index is 1.64. The molecule has 0 bridgehead atoms. The summed E-state index contributed by atoms with van der Waals surface area (Å²) in [6, 6.07) is 0.575. The number of aliphatic imine (C=N–C) groups is 1. The number of nitrogens with zero attached hydrogens (tertiary/aromatic N) is 1. The summed E-state index contributed by atoms with van der Waals surface area (Å²) in [6.45, 7) is 11.0. The third-order valence-corrected chi connectivity index (χ3v) is 5.49. The zero-order valence-electron chi connectivity index (χ0n) is 16.6. The van der Waals surface area contributed by atoms with Gasteiger partial charge in [-0.15, -0.1) is 0 Å². The lowest BCUT2D eigenvalue weighted by Crippen LogP contribution is -2.45. The Morgan fingerprint density at radius 2 is 1.84 bits per heavy atom. The van der Waals surface area contributed by atoms with Crippen LogP contribution < -0.4 is 10.6 Å². The minimum absolute atomic E-state index is 0.389. The van der Waals surface area contributed by atoms with E-state index in [0.29, 0.717) is 12.1 Å². The first-order valence-electron chi connectivity index (χ1n) is 10.4. The maximum atomic E-state index is 5.92. The molecule has 1 aliphatic carbocycles. The fourth-order valence-corrected chi connectivity index (χ4v) is 3.79. The quantitative estimate of drug-likeness (QED) is 0.399. The van der Waals surface area contributed by atoms with Crippen molar-refractivity contribution in [1.29, 1.82) is 0 Å². The Hall–Kier alpha value is -0.810. The molecule has 0 aromatic rings. The highest BCUT2D eigenvalue weighted by Crippen LogP contribution is 2.29. The molecule has 0 spiro atoms. The first-order chi connectivity index (χ1) is 12.2. The van der Waals surface area contributed by atoms with Gasteiger partial charge in [-0.2, -0.15) is 0 Å². The molecule has 2 rings (SSSR count). The predicted molar refractivity (Wildman–Crippen MR) is 104 cm³/mol. The van der Waals surface area contributed by atoms with Gasteiger partial charge in [0.2, 0.25) is 0 Å². The predicted octanol–water partition coefficient (Wildman–Crippen LogP) is 3.34. The van der Waals surface area contributed by atoms with E-state index in [1.54, 1.807) is 0 Å². The van der Waals surface area contributed by atoms with Crippen LogP contribution in [0, 0.1) is 11.8 Å². The van der Waals surface area contributed by atoms with Crippen LogP contribution in [0.2, 0.25) is 0 Å². The Bertz CT molecular complexity index is 373.